The van der Waals surface area contributed by atoms with Gasteiger partial charge in [-0.25, -0.2) is 4.98 Å². The molecule has 0 aliphatic rings. The third-order valence-corrected chi connectivity index (χ3v) is 5.34. The molecule has 0 radical (unpaired) electrons. The van der Waals surface area contributed by atoms with E-state index in [1.165, 1.54) is 5.69 Å². The van der Waals surface area contributed by atoms with Crippen LogP contribution in [0.5, 0.6) is 5.75 Å². The highest BCUT2D eigenvalue weighted by atomic mass is 32.1. The summed E-state index contributed by atoms with van der Waals surface area (Å²) >= 11 is 1.72. The van der Waals surface area contributed by atoms with Gasteiger partial charge >= 0.3 is 0 Å². The van der Waals surface area contributed by atoms with Crippen molar-refractivity contribution in [3.8, 4) is 11.4 Å². The number of hydrogen-bond acceptors (Lipinski definition) is 6. The number of nitrogens with zero attached hydrogens (tertiary/aromatic N) is 5. The Hall–Kier alpha value is -2.28. The smallest absolute Gasteiger partial charge is 0.172 e. The van der Waals surface area contributed by atoms with Crippen LogP contribution in [0.2, 0.25) is 0 Å². The third kappa shape index (κ3) is 4.09. The predicted octanol–water partition coefficient (Wildman–Crippen LogP) is 4.04. The highest BCUT2D eigenvalue weighted by Crippen LogP contribution is 2.31. The van der Waals surface area contributed by atoms with Gasteiger partial charge in [0.15, 0.2) is 5.82 Å². The summed E-state index contributed by atoms with van der Waals surface area (Å²) in [5.74, 6) is 1.55. The third-order valence-electron chi connectivity index (χ3n) is 4.57. The number of tetrazole rings is 1. The zero-order valence-corrected chi connectivity index (χ0v) is 16.8. The molecule has 2 aromatic heterocycles. The summed E-state index contributed by atoms with van der Waals surface area (Å²) in [4.78, 5) is 6.22. The molecule has 0 unspecified atom stereocenters. The standard InChI is InChI=1S/C19H25N5OS/c1-13-21-23-24(22-13)16-8-9-17(25-5)15(11-16)7-6-10-19(3,4)18-12-26-14(2)20-18/h8-9,11-12H,6-7,10H2,1-5H3. The van der Waals surface area contributed by atoms with Crippen molar-refractivity contribution in [1.82, 2.24) is 25.2 Å². The first-order chi connectivity index (χ1) is 12.4. The fraction of sp³-hybridized carbons (Fsp3) is 0.474. The van der Waals surface area contributed by atoms with Gasteiger partial charge < -0.3 is 4.74 Å². The Bertz CT molecular complexity index is 884. The molecule has 0 N–H and O–H groups in total. The van der Waals surface area contributed by atoms with E-state index >= 15 is 0 Å². The first-order valence-corrected chi connectivity index (χ1v) is 9.63. The molecule has 0 amide bonds. The SMILES string of the molecule is COc1ccc(-n2nnc(C)n2)cc1CCCC(C)(C)c1csc(C)n1. The molecule has 3 rings (SSSR count). The summed E-state index contributed by atoms with van der Waals surface area (Å²) in [6, 6.07) is 6.00. The van der Waals surface area contributed by atoms with Crippen LogP contribution in [0.4, 0.5) is 0 Å². The lowest BCUT2D eigenvalue weighted by atomic mass is 9.84. The van der Waals surface area contributed by atoms with Crippen molar-refractivity contribution in [3.05, 3.63) is 45.7 Å². The highest BCUT2D eigenvalue weighted by Gasteiger charge is 2.23. The fourth-order valence-corrected chi connectivity index (χ4v) is 3.81. The van der Waals surface area contributed by atoms with Crippen LogP contribution in [-0.2, 0) is 11.8 Å². The number of aromatic nitrogens is 5. The van der Waals surface area contributed by atoms with Crippen LogP contribution in [0.15, 0.2) is 23.6 Å². The summed E-state index contributed by atoms with van der Waals surface area (Å²) in [6.07, 6.45) is 3.04. The van der Waals surface area contributed by atoms with Crippen molar-refractivity contribution in [2.45, 2.75) is 52.4 Å². The number of benzene rings is 1. The molecule has 0 saturated carbocycles. The maximum Gasteiger partial charge on any atom is 0.172 e. The Morgan fingerprint density at radius 3 is 2.65 bits per heavy atom. The molecular formula is C19H25N5OS. The first-order valence-electron chi connectivity index (χ1n) is 8.75. The van der Waals surface area contributed by atoms with Crippen LogP contribution >= 0.6 is 11.3 Å². The average molecular weight is 372 g/mol. The molecule has 0 aliphatic heterocycles. The summed E-state index contributed by atoms with van der Waals surface area (Å²) in [6.45, 7) is 8.41. The molecule has 0 spiro atoms. The predicted molar refractivity (Wildman–Crippen MR) is 103 cm³/mol. The molecule has 0 saturated heterocycles. The van der Waals surface area contributed by atoms with Crippen molar-refractivity contribution in [1.29, 1.82) is 0 Å². The Balaban J connectivity index is 1.72. The second-order valence-electron chi connectivity index (χ2n) is 7.11. The second-order valence-corrected chi connectivity index (χ2v) is 8.17. The maximum atomic E-state index is 5.54. The summed E-state index contributed by atoms with van der Waals surface area (Å²) < 4.78 is 5.54. The van der Waals surface area contributed by atoms with Crippen molar-refractivity contribution >= 4 is 11.3 Å². The van der Waals surface area contributed by atoms with E-state index in [9.17, 15) is 0 Å². The van der Waals surface area contributed by atoms with Gasteiger partial charge in [0, 0.05) is 10.8 Å². The molecule has 6 nitrogen and oxygen atoms in total. The van der Waals surface area contributed by atoms with Gasteiger partial charge in [0.1, 0.15) is 5.75 Å². The van der Waals surface area contributed by atoms with Crippen molar-refractivity contribution in [2.24, 2.45) is 0 Å². The number of rotatable bonds is 7. The van der Waals surface area contributed by atoms with Crippen molar-refractivity contribution < 1.29 is 4.74 Å². The zero-order valence-electron chi connectivity index (χ0n) is 16.0. The van der Waals surface area contributed by atoms with Crippen LogP contribution in [0, 0.1) is 13.8 Å². The lowest BCUT2D eigenvalue weighted by molar-refractivity contribution is 0.405. The van der Waals surface area contributed by atoms with E-state index in [2.05, 4.69) is 52.6 Å². The molecular weight excluding hydrogens is 346 g/mol. The molecule has 0 atom stereocenters. The van der Waals surface area contributed by atoms with Gasteiger partial charge in [0.05, 0.1) is 23.5 Å². The van der Waals surface area contributed by atoms with Crippen LogP contribution in [0.25, 0.3) is 5.69 Å². The van der Waals surface area contributed by atoms with Crippen LogP contribution in [0.1, 0.15) is 48.8 Å². The number of hydrogen-bond donors (Lipinski definition) is 0. The quantitative estimate of drug-likeness (QED) is 0.627. The Labute approximate surface area is 158 Å². The minimum absolute atomic E-state index is 0.0696. The monoisotopic (exact) mass is 371 g/mol. The average Bonchev–Trinajstić information content (AvgIpc) is 3.23. The zero-order chi connectivity index (χ0) is 18.7. The summed E-state index contributed by atoms with van der Waals surface area (Å²) in [5, 5.41) is 15.6. The van der Waals surface area contributed by atoms with E-state index in [-0.39, 0.29) is 5.41 Å². The molecule has 0 fully saturated rings. The molecule has 0 bridgehead atoms. The van der Waals surface area contributed by atoms with E-state index < -0.39 is 0 Å². The second kappa shape index (κ2) is 7.53. The topological polar surface area (TPSA) is 65.7 Å². The molecule has 138 valence electrons. The maximum absolute atomic E-state index is 5.54. The van der Waals surface area contributed by atoms with E-state index in [1.807, 2.05) is 19.1 Å². The summed E-state index contributed by atoms with van der Waals surface area (Å²) in [7, 11) is 1.71. The molecule has 0 aliphatic carbocycles. The number of aryl methyl sites for hydroxylation is 3. The normalized spacial score (nSPS) is 11.7. The minimum atomic E-state index is 0.0696. The van der Waals surface area contributed by atoms with Gasteiger partial charge in [-0.05, 0) is 62.1 Å². The Morgan fingerprint density at radius 2 is 2.04 bits per heavy atom. The Morgan fingerprint density at radius 1 is 1.23 bits per heavy atom. The van der Waals surface area contributed by atoms with Crippen LogP contribution in [0.3, 0.4) is 0 Å². The van der Waals surface area contributed by atoms with E-state index in [1.54, 1.807) is 23.2 Å². The molecule has 3 aromatic rings. The molecule has 2 heterocycles. The Kier molecular flexibility index (Phi) is 5.36. The van der Waals surface area contributed by atoms with Gasteiger partial charge in [0.25, 0.3) is 0 Å². The van der Waals surface area contributed by atoms with E-state index in [0.29, 0.717) is 5.82 Å². The van der Waals surface area contributed by atoms with Gasteiger partial charge in [0.2, 0.25) is 0 Å². The van der Waals surface area contributed by atoms with Crippen molar-refractivity contribution in [2.75, 3.05) is 7.11 Å². The minimum Gasteiger partial charge on any atom is -0.496 e. The summed E-state index contributed by atoms with van der Waals surface area (Å²) in [5.41, 5.74) is 3.31. The van der Waals surface area contributed by atoms with Gasteiger partial charge in [-0.15, -0.1) is 26.3 Å². The number of methoxy groups -OCH3 is 1. The molecule has 1 aromatic carbocycles. The van der Waals surface area contributed by atoms with Gasteiger partial charge in [-0.1, -0.05) is 13.8 Å². The molecule has 7 heteroatoms. The fourth-order valence-electron chi connectivity index (χ4n) is 3.00. The first kappa shape index (κ1) is 18.5. The number of thiazole rings is 1. The van der Waals surface area contributed by atoms with Crippen LogP contribution in [-0.4, -0.2) is 32.3 Å². The highest BCUT2D eigenvalue weighted by molar-refractivity contribution is 7.09. The van der Waals surface area contributed by atoms with Gasteiger partial charge in [-0.2, -0.15) is 0 Å². The van der Waals surface area contributed by atoms with E-state index in [4.69, 9.17) is 4.74 Å². The number of ether oxygens (including phenoxy) is 1. The lowest BCUT2D eigenvalue weighted by Crippen LogP contribution is -2.18. The van der Waals surface area contributed by atoms with E-state index in [0.717, 1.165) is 41.3 Å². The van der Waals surface area contributed by atoms with Crippen molar-refractivity contribution in [3.63, 3.8) is 0 Å². The molecule has 26 heavy (non-hydrogen) atoms. The largest absolute Gasteiger partial charge is 0.496 e. The van der Waals surface area contributed by atoms with Gasteiger partial charge in [-0.3, -0.25) is 0 Å². The lowest BCUT2D eigenvalue weighted by Gasteiger charge is -2.22. The van der Waals surface area contributed by atoms with Crippen LogP contribution < -0.4 is 4.74 Å².